The second kappa shape index (κ2) is 2.45. The Balaban J connectivity index is 2.12. The summed E-state index contributed by atoms with van der Waals surface area (Å²) in [4.78, 5) is 12.9. The van der Waals surface area contributed by atoms with E-state index >= 15 is 0 Å². The summed E-state index contributed by atoms with van der Waals surface area (Å²) < 4.78 is 0. The summed E-state index contributed by atoms with van der Waals surface area (Å²) in [5, 5.41) is 0. The van der Waals surface area contributed by atoms with Gasteiger partial charge in [0.1, 0.15) is 6.29 Å². The predicted molar refractivity (Wildman–Crippen MR) is 43.3 cm³/mol. The zero-order chi connectivity index (χ0) is 7.84. The third-order valence-electron chi connectivity index (χ3n) is 2.88. The molecule has 1 saturated heterocycles. The molecular formula is C9H13NO. The first-order valence-electron chi connectivity index (χ1n) is 4.17. The molecular weight excluding hydrogens is 138 g/mol. The number of rotatable bonds is 1. The molecule has 0 saturated carbocycles. The number of fused-ring (bicyclic) bond motifs is 2. The average Bonchev–Trinajstić information content (AvgIpc) is 2.26. The Kier molecular flexibility index (Phi) is 1.57. The van der Waals surface area contributed by atoms with Crippen molar-refractivity contribution in [1.29, 1.82) is 0 Å². The fourth-order valence-electron chi connectivity index (χ4n) is 2.09. The number of carbonyl (C=O) groups excluding carboxylic acids is 1. The topological polar surface area (TPSA) is 20.3 Å². The molecule has 2 bridgehead atoms. The molecule has 0 N–H and O–H groups in total. The lowest BCUT2D eigenvalue weighted by molar-refractivity contribution is -0.112. The highest BCUT2D eigenvalue weighted by molar-refractivity contribution is 5.54. The molecule has 0 aromatic rings. The van der Waals surface area contributed by atoms with Gasteiger partial charge in [-0.3, -0.25) is 4.90 Å². The molecule has 2 heterocycles. The fraction of sp³-hybridized carbons (Fsp3) is 0.667. The molecule has 0 aliphatic carbocycles. The summed E-state index contributed by atoms with van der Waals surface area (Å²) in [5.41, 5.74) is 0. The second-order valence-electron chi connectivity index (χ2n) is 3.55. The molecule has 0 aromatic carbocycles. The van der Waals surface area contributed by atoms with Crippen molar-refractivity contribution in [3.05, 3.63) is 12.2 Å². The van der Waals surface area contributed by atoms with Crippen molar-refractivity contribution in [2.75, 3.05) is 7.05 Å². The van der Waals surface area contributed by atoms with Crippen LogP contribution in [-0.4, -0.2) is 30.3 Å². The lowest BCUT2D eigenvalue weighted by atomic mass is 9.92. The highest BCUT2D eigenvalue weighted by Crippen LogP contribution is 2.31. The highest BCUT2D eigenvalue weighted by Gasteiger charge is 2.34. The Bertz CT molecular complexity index is 184. The van der Waals surface area contributed by atoms with Gasteiger partial charge in [-0.05, 0) is 19.9 Å². The van der Waals surface area contributed by atoms with Crippen molar-refractivity contribution < 1.29 is 4.79 Å². The van der Waals surface area contributed by atoms with Gasteiger partial charge in [0.15, 0.2) is 0 Å². The third-order valence-corrected chi connectivity index (χ3v) is 2.88. The van der Waals surface area contributed by atoms with Crippen molar-refractivity contribution in [3.8, 4) is 0 Å². The Hall–Kier alpha value is -0.630. The molecule has 0 aromatic heterocycles. The molecule has 2 aliphatic rings. The van der Waals surface area contributed by atoms with Gasteiger partial charge in [-0.25, -0.2) is 0 Å². The van der Waals surface area contributed by atoms with Crippen LogP contribution in [0.3, 0.4) is 0 Å². The smallest absolute Gasteiger partial charge is 0.123 e. The van der Waals surface area contributed by atoms with Gasteiger partial charge in [0, 0.05) is 18.0 Å². The van der Waals surface area contributed by atoms with Crippen LogP contribution in [0.4, 0.5) is 0 Å². The third kappa shape index (κ3) is 1.02. The Morgan fingerprint density at radius 1 is 1.36 bits per heavy atom. The van der Waals surface area contributed by atoms with Gasteiger partial charge in [-0.15, -0.1) is 0 Å². The summed E-state index contributed by atoms with van der Waals surface area (Å²) in [6.45, 7) is 0. The predicted octanol–water partition coefficient (Wildman–Crippen LogP) is 0.834. The number of piperidine rings is 1. The molecule has 2 unspecified atom stereocenters. The maximum absolute atomic E-state index is 10.5. The van der Waals surface area contributed by atoms with Gasteiger partial charge in [0.25, 0.3) is 0 Å². The molecule has 0 spiro atoms. The van der Waals surface area contributed by atoms with E-state index in [9.17, 15) is 4.79 Å². The van der Waals surface area contributed by atoms with E-state index < -0.39 is 0 Å². The Morgan fingerprint density at radius 2 is 1.91 bits per heavy atom. The highest BCUT2D eigenvalue weighted by atomic mass is 16.1. The molecule has 0 amide bonds. The normalized spacial score (nSPS) is 42.8. The molecule has 2 nitrogen and oxygen atoms in total. The number of aldehydes is 1. The summed E-state index contributed by atoms with van der Waals surface area (Å²) in [6.07, 6.45) is 7.61. The standard InChI is InChI=1S/C9H13NO/c1-10-8-2-3-9(10)5-7(4-8)6-11/h2-3,6-9H,4-5H2,1H3. The molecule has 1 fully saturated rings. The van der Waals surface area contributed by atoms with Crippen molar-refractivity contribution in [2.45, 2.75) is 24.9 Å². The zero-order valence-corrected chi connectivity index (χ0v) is 6.73. The molecule has 2 rings (SSSR count). The maximum Gasteiger partial charge on any atom is 0.123 e. The van der Waals surface area contributed by atoms with E-state index in [1.807, 2.05) is 0 Å². The first-order valence-corrected chi connectivity index (χ1v) is 4.17. The van der Waals surface area contributed by atoms with E-state index in [-0.39, 0.29) is 0 Å². The van der Waals surface area contributed by atoms with Crippen LogP contribution in [-0.2, 0) is 4.79 Å². The van der Waals surface area contributed by atoms with E-state index in [1.54, 1.807) is 0 Å². The van der Waals surface area contributed by atoms with Gasteiger partial charge in [-0.2, -0.15) is 0 Å². The monoisotopic (exact) mass is 151 g/mol. The molecule has 2 heteroatoms. The Labute approximate surface area is 66.9 Å². The van der Waals surface area contributed by atoms with Gasteiger partial charge in [-0.1, -0.05) is 12.2 Å². The lowest BCUT2D eigenvalue weighted by Crippen LogP contribution is -2.41. The Morgan fingerprint density at radius 3 is 2.36 bits per heavy atom. The second-order valence-corrected chi connectivity index (χ2v) is 3.55. The van der Waals surface area contributed by atoms with E-state index in [4.69, 9.17) is 0 Å². The minimum Gasteiger partial charge on any atom is -0.303 e. The minimum atomic E-state index is 0.302. The van der Waals surface area contributed by atoms with Crippen LogP contribution < -0.4 is 0 Å². The van der Waals surface area contributed by atoms with Crippen LogP contribution >= 0.6 is 0 Å². The summed E-state index contributed by atoms with van der Waals surface area (Å²) in [7, 11) is 2.14. The van der Waals surface area contributed by atoms with Gasteiger partial charge in [0.2, 0.25) is 0 Å². The van der Waals surface area contributed by atoms with Crippen molar-refractivity contribution >= 4 is 6.29 Å². The van der Waals surface area contributed by atoms with Crippen molar-refractivity contribution in [3.63, 3.8) is 0 Å². The van der Waals surface area contributed by atoms with E-state index in [0.717, 1.165) is 19.1 Å². The van der Waals surface area contributed by atoms with Crippen LogP contribution in [0.1, 0.15) is 12.8 Å². The number of likely N-dealkylation sites (N-methyl/N-ethyl adjacent to an activating group) is 1. The van der Waals surface area contributed by atoms with Gasteiger partial charge in [0.05, 0.1) is 0 Å². The van der Waals surface area contributed by atoms with E-state index in [0.29, 0.717) is 18.0 Å². The van der Waals surface area contributed by atoms with E-state index in [2.05, 4.69) is 24.1 Å². The van der Waals surface area contributed by atoms with Crippen LogP contribution in [0.25, 0.3) is 0 Å². The fourth-order valence-corrected chi connectivity index (χ4v) is 2.09. The summed E-state index contributed by atoms with van der Waals surface area (Å²) >= 11 is 0. The van der Waals surface area contributed by atoms with Crippen molar-refractivity contribution in [1.82, 2.24) is 4.90 Å². The maximum atomic E-state index is 10.5. The van der Waals surface area contributed by atoms with Gasteiger partial charge < -0.3 is 4.79 Å². The lowest BCUT2D eigenvalue weighted by Gasteiger charge is -2.34. The van der Waals surface area contributed by atoms with Crippen LogP contribution in [0, 0.1) is 5.92 Å². The summed E-state index contributed by atoms with van der Waals surface area (Å²) in [6, 6.07) is 1.06. The van der Waals surface area contributed by atoms with E-state index in [1.165, 1.54) is 0 Å². The first-order chi connectivity index (χ1) is 5.31. The van der Waals surface area contributed by atoms with Crippen molar-refractivity contribution in [2.24, 2.45) is 5.92 Å². The summed E-state index contributed by atoms with van der Waals surface area (Å²) in [5.74, 6) is 0.302. The average molecular weight is 151 g/mol. The number of nitrogens with zero attached hydrogens (tertiary/aromatic N) is 1. The molecule has 2 aliphatic heterocycles. The zero-order valence-electron chi connectivity index (χ0n) is 6.73. The largest absolute Gasteiger partial charge is 0.303 e. The molecule has 0 radical (unpaired) electrons. The SMILES string of the molecule is CN1C2C=CC1CC(C=O)C2. The van der Waals surface area contributed by atoms with Crippen LogP contribution in [0.5, 0.6) is 0 Å². The number of carbonyl (C=O) groups is 1. The van der Waals surface area contributed by atoms with Crippen LogP contribution in [0.2, 0.25) is 0 Å². The first kappa shape index (κ1) is 7.04. The number of hydrogen-bond donors (Lipinski definition) is 0. The quantitative estimate of drug-likeness (QED) is 0.409. The molecule has 11 heavy (non-hydrogen) atoms. The molecule has 60 valence electrons. The minimum absolute atomic E-state index is 0.302. The number of hydrogen-bond acceptors (Lipinski definition) is 2. The van der Waals surface area contributed by atoms with Gasteiger partial charge >= 0.3 is 0 Å². The van der Waals surface area contributed by atoms with Crippen LogP contribution in [0.15, 0.2) is 12.2 Å². The molecule has 2 atom stereocenters.